The third-order valence-electron chi connectivity index (χ3n) is 4.19. The predicted octanol–water partition coefficient (Wildman–Crippen LogP) is -2.49. The largest absolute Gasteiger partial charge is 0.393 e. The van der Waals surface area contributed by atoms with Gasteiger partial charge in [0.1, 0.15) is 12.3 Å². The molecule has 5 atom stereocenters. The smallest absolute Gasteiger partial charge is 0.227 e. The van der Waals surface area contributed by atoms with Gasteiger partial charge in [0.2, 0.25) is 5.91 Å². The topological polar surface area (TPSA) is 110 Å². The number of aliphatic hydroxyl groups excluding tert-OH is 3. The van der Waals surface area contributed by atoms with Gasteiger partial charge in [-0.05, 0) is 0 Å². The summed E-state index contributed by atoms with van der Waals surface area (Å²) in [5.41, 5.74) is -3.41. The number of hydrogen-bond donors (Lipinski definition) is 4. The lowest BCUT2D eigenvalue weighted by molar-refractivity contribution is -0.252. The third-order valence-corrected chi connectivity index (χ3v) is 4.19. The van der Waals surface area contributed by atoms with Crippen LogP contribution in [0, 0.1) is 0 Å². The van der Waals surface area contributed by atoms with E-state index in [4.69, 9.17) is 4.74 Å². The second kappa shape index (κ2) is 3.18. The lowest BCUT2D eigenvalue weighted by Crippen LogP contribution is -2.66. The fourth-order valence-electron chi connectivity index (χ4n) is 3.30. The van der Waals surface area contributed by atoms with Crippen LogP contribution in [0.25, 0.3) is 0 Å². The molecule has 0 aromatic heterocycles. The molecule has 0 aliphatic carbocycles. The van der Waals surface area contributed by atoms with Gasteiger partial charge in [0, 0.05) is 19.3 Å². The van der Waals surface area contributed by atoms with Crippen LogP contribution in [0.4, 0.5) is 0 Å². The molecular formula is C10H15NO6. The van der Waals surface area contributed by atoms with E-state index in [-0.39, 0.29) is 25.2 Å². The molecule has 3 heterocycles. The molecule has 0 saturated carbocycles. The predicted molar refractivity (Wildman–Crippen MR) is 52.4 cm³/mol. The molecule has 2 bridgehead atoms. The number of carbonyl (C=O) groups excluding carboxylic acids is 1. The Labute approximate surface area is 97.2 Å². The molecule has 3 aliphatic rings. The molecule has 7 heteroatoms. The maximum Gasteiger partial charge on any atom is 0.227 e. The molecule has 3 fully saturated rings. The number of carbonyl (C=O) groups is 1. The van der Waals surface area contributed by atoms with E-state index in [1.54, 1.807) is 0 Å². The van der Waals surface area contributed by atoms with Crippen LogP contribution in [-0.4, -0.2) is 67.6 Å². The molecular weight excluding hydrogens is 230 g/mol. The van der Waals surface area contributed by atoms with Gasteiger partial charge in [0.15, 0.2) is 11.3 Å². The first kappa shape index (κ1) is 11.4. The average Bonchev–Trinajstić information content (AvgIpc) is 2.70. The highest BCUT2D eigenvalue weighted by molar-refractivity contribution is 5.80. The summed E-state index contributed by atoms with van der Waals surface area (Å²) in [7, 11) is 0. The Morgan fingerprint density at radius 1 is 1.47 bits per heavy atom. The van der Waals surface area contributed by atoms with Crippen molar-refractivity contribution in [1.82, 2.24) is 4.90 Å². The Morgan fingerprint density at radius 3 is 2.82 bits per heavy atom. The van der Waals surface area contributed by atoms with Crippen LogP contribution in [-0.2, 0) is 9.53 Å². The monoisotopic (exact) mass is 245 g/mol. The Kier molecular flexibility index (Phi) is 2.13. The molecule has 17 heavy (non-hydrogen) atoms. The maximum atomic E-state index is 11.7. The first-order valence-electron chi connectivity index (χ1n) is 5.65. The minimum Gasteiger partial charge on any atom is -0.393 e. The summed E-state index contributed by atoms with van der Waals surface area (Å²) in [4.78, 5) is 12.9. The van der Waals surface area contributed by atoms with E-state index >= 15 is 0 Å². The van der Waals surface area contributed by atoms with Gasteiger partial charge >= 0.3 is 0 Å². The van der Waals surface area contributed by atoms with Crippen LogP contribution in [0.5, 0.6) is 0 Å². The van der Waals surface area contributed by atoms with Crippen molar-refractivity contribution in [3.63, 3.8) is 0 Å². The molecule has 0 unspecified atom stereocenters. The number of aliphatic hydroxyl groups is 4. The molecule has 0 aromatic rings. The molecule has 0 radical (unpaired) electrons. The van der Waals surface area contributed by atoms with E-state index in [1.165, 1.54) is 0 Å². The van der Waals surface area contributed by atoms with Crippen molar-refractivity contribution >= 4 is 5.91 Å². The lowest BCUT2D eigenvalue weighted by atomic mass is 9.81. The third kappa shape index (κ3) is 1.06. The Bertz CT molecular complexity index is 376. The molecule has 3 rings (SSSR count). The van der Waals surface area contributed by atoms with Crippen LogP contribution in [0.3, 0.4) is 0 Å². The van der Waals surface area contributed by atoms with Crippen LogP contribution in [0.15, 0.2) is 0 Å². The second-order valence-corrected chi connectivity index (χ2v) is 4.95. The van der Waals surface area contributed by atoms with E-state index < -0.39 is 36.4 Å². The average molecular weight is 245 g/mol. The number of rotatable bonds is 1. The number of fused-ring (bicyclic) bond motifs is 5. The number of nitrogens with zero attached hydrogens (tertiary/aromatic N) is 1. The molecule has 3 saturated heterocycles. The first-order chi connectivity index (χ1) is 7.96. The minimum atomic E-state index is -1.72. The van der Waals surface area contributed by atoms with Crippen molar-refractivity contribution in [3.05, 3.63) is 0 Å². The zero-order valence-corrected chi connectivity index (χ0v) is 9.11. The number of hydrogen-bond acceptors (Lipinski definition) is 6. The Hall–Kier alpha value is -0.730. The highest BCUT2D eigenvalue weighted by atomic mass is 16.6. The van der Waals surface area contributed by atoms with Gasteiger partial charge in [-0.1, -0.05) is 0 Å². The highest BCUT2D eigenvalue weighted by Crippen LogP contribution is 2.53. The standard InChI is InChI=1S/C10H15NO6/c12-4-9-8(15)5(13)3-7(17-9)11-6(14)1-2-10(9,11)16/h5,7-8,12-13,15-16H,1-4H2/t5-,7+,8+,9-,10+/m1/s1. The minimum absolute atomic E-state index is 0.0387. The van der Waals surface area contributed by atoms with Crippen LogP contribution < -0.4 is 0 Å². The maximum absolute atomic E-state index is 11.7. The molecule has 0 aromatic carbocycles. The van der Waals surface area contributed by atoms with Crippen molar-refractivity contribution in [1.29, 1.82) is 0 Å². The van der Waals surface area contributed by atoms with Gasteiger partial charge in [0.25, 0.3) is 0 Å². The van der Waals surface area contributed by atoms with Crippen molar-refractivity contribution < 1.29 is 30.0 Å². The van der Waals surface area contributed by atoms with Crippen molar-refractivity contribution in [2.24, 2.45) is 0 Å². The summed E-state index contributed by atoms with van der Waals surface area (Å²) < 4.78 is 5.45. The molecule has 3 aliphatic heterocycles. The summed E-state index contributed by atoms with van der Waals surface area (Å²) in [5.74, 6) is -0.283. The molecule has 96 valence electrons. The first-order valence-corrected chi connectivity index (χ1v) is 5.65. The van der Waals surface area contributed by atoms with Gasteiger partial charge < -0.3 is 25.2 Å². The number of amides is 1. The van der Waals surface area contributed by atoms with E-state index in [0.29, 0.717) is 0 Å². The fraction of sp³-hybridized carbons (Fsp3) is 0.900. The fourth-order valence-corrected chi connectivity index (χ4v) is 3.30. The highest BCUT2D eigenvalue weighted by Gasteiger charge is 2.73. The van der Waals surface area contributed by atoms with Gasteiger partial charge in [-0.3, -0.25) is 9.69 Å². The van der Waals surface area contributed by atoms with E-state index in [0.717, 1.165) is 4.90 Å². The second-order valence-electron chi connectivity index (χ2n) is 4.95. The summed E-state index contributed by atoms with van der Waals surface area (Å²) in [6.45, 7) is -0.651. The van der Waals surface area contributed by atoms with E-state index in [2.05, 4.69) is 0 Å². The Balaban J connectivity index is 2.12. The quantitative estimate of drug-likeness (QED) is 0.407. The summed E-state index contributed by atoms with van der Waals surface area (Å²) in [5, 5.41) is 39.7. The molecule has 7 nitrogen and oxygen atoms in total. The van der Waals surface area contributed by atoms with Crippen molar-refractivity contribution in [2.45, 2.75) is 49.0 Å². The van der Waals surface area contributed by atoms with Crippen LogP contribution in [0.1, 0.15) is 19.3 Å². The molecule has 1 amide bonds. The lowest BCUT2D eigenvalue weighted by Gasteiger charge is -2.43. The van der Waals surface area contributed by atoms with Gasteiger partial charge in [-0.25, -0.2) is 0 Å². The number of ether oxygens (including phenoxy) is 1. The molecule has 0 spiro atoms. The van der Waals surface area contributed by atoms with E-state index in [9.17, 15) is 25.2 Å². The van der Waals surface area contributed by atoms with Crippen molar-refractivity contribution in [2.75, 3.05) is 6.61 Å². The van der Waals surface area contributed by atoms with Crippen molar-refractivity contribution in [3.8, 4) is 0 Å². The van der Waals surface area contributed by atoms with Gasteiger partial charge in [-0.15, -0.1) is 0 Å². The SMILES string of the molecule is O=C1CC[C@@]2(O)N1[C@@H]1C[C@@H](O)[C@H](O)[C@@]2(CO)O1. The summed E-state index contributed by atoms with van der Waals surface area (Å²) in [6.07, 6.45) is -3.03. The van der Waals surface area contributed by atoms with Crippen LogP contribution in [0.2, 0.25) is 0 Å². The van der Waals surface area contributed by atoms with Gasteiger partial charge in [-0.2, -0.15) is 0 Å². The van der Waals surface area contributed by atoms with E-state index in [1.807, 2.05) is 0 Å². The van der Waals surface area contributed by atoms with Crippen LogP contribution >= 0.6 is 0 Å². The zero-order chi connectivity index (χ0) is 12.4. The summed E-state index contributed by atoms with van der Waals surface area (Å²) in [6, 6.07) is 0. The Morgan fingerprint density at radius 2 is 2.18 bits per heavy atom. The van der Waals surface area contributed by atoms with Gasteiger partial charge in [0.05, 0.1) is 12.7 Å². The normalized spacial score (nSPS) is 53.1. The summed E-state index contributed by atoms with van der Waals surface area (Å²) >= 11 is 0. The zero-order valence-electron chi connectivity index (χ0n) is 9.11. The molecule has 4 N–H and O–H groups in total.